The average Bonchev–Trinajstić information content (AvgIpc) is 3.66. The van der Waals surface area contributed by atoms with Crippen LogP contribution in [0.1, 0.15) is 84.7 Å². The van der Waals surface area contributed by atoms with E-state index < -0.39 is 21.5 Å². The molecule has 2 aromatic carbocycles. The van der Waals surface area contributed by atoms with E-state index in [0.717, 1.165) is 83.6 Å². The number of carbonyl (C=O) groups is 2. The summed E-state index contributed by atoms with van der Waals surface area (Å²) in [4.78, 5) is 32.6. The van der Waals surface area contributed by atoms with Gasteiger partial charge < -0.3 is 14.6 Å². The molecule has 4 atom stereocenters. The lowest BCUT2D eigenvalue weighted by Crippen LogP contribution is -2.55. The van der Waals surface area contributed by atoms with Crippen LogP contribution in [-0.2, 0) is 21.5 Å². The zero-order valence-corrected chi connectivity index (χ0v) is 27.6. The Balaban J connectivity index is 1.30. The number of phenolic OH excluding ortho intramolecular Hbond substituents is 1. The Morgan fingerprint density at radius 2 is 1.70 bits per heavy atom. The number of amides is 2. The van der Waals surface area contributed by atoms with Gasteiger partial charge in [0.15, 0.2) is 0 Å². The molecule has 4 unspecified atom stereocenters. The van der Waals surface area contributed by atoms with Gasteiger partial charge in [-0.05, 0) is 86.5 Å². The topological polar surface area (TPSA) is 115 Å². The number of fused-ring (bicyclic) bond motifs is 9. The van der Waals surface area contributed by atoms with Gasteiger partial charge in [0.1, 0.15) is 5.75 Å². The lowest BCUT2D eigenvalue weighted by Gasteiger charge is -2.40. The molecular formula is C35H43N5O5S. The molecule has 0 radical (unpaired) electrons. The van der Waals surface area contributed by atoms with Gasteiger partial charge in [0.2, 0.25) is 5.91 Å². The maximum atomic E-state index is 14.7. The molecule has 3 aliphatic heterocycles. The number of hydrogen-bond donors (Lipinski definition) is 2. The van der Waals surface area contributed by atoms with Gasteiger partial charge in [0.25, 0.3) is 5.91 Å². The highest BCUT2D eigenvalue weighted by molar-refractivity contribution is 7.87. The Morgan fingerprint density at radius 1 is 0.978 bits per heavy atom. The number of rotatable bonds is 5. The summed E-state index contributed by atoms with van der Waals surface area (Å²) in [6.07, 6.45) is 8.60. The van der Waals surface area contributed by atoms with Crippen molar-refractivity contribution in [2.24, 2.45) is 5.41 Å². The smallest absolute Gasteiger partial charge is 0.303 e. The summed E-state index contributed by atoms with van der Waals surface area (Å²) in [5.41, 5.74) is 4.86. The van der Waals surface area contributed by atoms with Crippen molar-refractivity contribution < 1.29 is 23.1 Å². The first-order chi connectivity index (χ1) is 22.0. The van der Waals surface area contributed by atoms with E-state index >= 15 is 0 Å². The molecule has 10 nitrogen and oxygen atoms in total. The van der Waals surface area contributed by atoms with Crippen LogP contribution in [0.5, 0.6) is 5.75 Å². The van der Waals surface area contributed by atoms with E-state index in [-0.39, 0.29) is 23.1 Å². The summed E-state index contributed by atoms with van der Waals surface area (Å²) in [6, 6.07) is 11.9. The lowest BCUT2D eigenvalue weighted by atomic mass is 9.81. The van der Waals surface area contributed by atoms with Crippen LogP contribution in [0.2, 0.25) is 0 Å². The monoisotopic (exact) mass is 645 g/mol. The second-order valence-corrected chi connectivity index (χ2v) is 16.5. The second kappa shape index (κ2) is 10.6. The van der Waals surface area contributed by atoms with Crippen LogP contribution < -0.4 is 4.72 Å². The molecular weight excluding hydrogens is 602 g/mol. The van der Waals surface area contributed by atoms with E-state index in [1.54, 1.807) is 12.1 Å². The van der Waals surface area contributed by atoms with Crippen molar-refractivity contribution in [2.45, 2.75) is 81.8 Å². The highest BCUT2D eigenvalue weighted by Gasteiger charge is 2.64. The fraction of sp³-hybridized carbons (Fsp3) is 0.543. The van der Waals surface area contributed by atoms with Crippen LogP contribution in [-0.4, -0.2) is 90.3 Å². The maximum Gasteiger partial charge on any atom is 0.303 e. The van der Waals surface area contributed by atoms with E-state index in [1.807, 2.05) is 24.3 Å². The number of likely N-dealkylation sites (N-methyl/N-ethyl adjacent to an activating group) is 1. The zero-order chi connectivity index (χ0) is 32.1. The molecule has 4 heterocycles. The molecule has 2 saturated carbocycles. The Bertz CT molecular complexity index is 1870. The molecule has 244 valence electrons. The standard InChI is InChI=1S/C35H43N5O5S/c1-37(2)46(44,45)36-33(42)22-9-13-27-30(15-22)40-20-35(34(43)39-18-23-10-11-24(19-39)38(23)3)17-29(35)28-16-25(41)12-14-26(28)32(40)31(27)21-7-5-4-6-8-21/h9,12-16,21,23-24,29,41H,4-8,10-11,17-20H2,1-3H3,(H,36,42). The van der Waals surface area contributed by atoms with Gasteiger partial charge in [-0.1, -0.05) is 25.3 Å². The molecule has 2 aliphatic carbocycles. The molecule has 2 amide bonds. The summed E-state index contributed by atoms with van der Waals surface area (Å²) in [5.74, 6) is 0.0287. The second-order valence-electron chi connectivity index (χ2n) is 14.6. The molecule has 2 bridgehead atoms. The summed E-state index contributed by atoms with van der Waals surface area (Å²) < 4.78 is 30.5. The first-order valence-electron chi connectivity index (χ1n) is 16.7. The van der Waals surface area contributed by atoms with Crippen molar-refractivity contribution in [3.05, 3.63) is 53.1 Å². The molecule has 1 aromatic heterocycles. The van der Waals surface area contributed by atoms with Crippen molar-refractivity contribution in [1.82, 2.24) is 23.4 Å². The fourth-order valence-corrected chi connectivity index (χ4v) is 9.70. The number of aromatic hydroxyl groups is 1. The average molecular weight is 646 g/mol. The van der Waals surface area contributed by atoms with Crippen LogP contribution in [0.25, 0.3) is 22.2 Å². The first kappa shape index (κ1) is 30.0. The van der Waals surface area contributed by atoms with Gasteiger partial charge >= 0.3 is 10.2 Å². The number of hydrogen-bond acceptors (Lipinski definition) is 6. The SMILES string of the molecule is CN1C2CCC1CN(C(=O)C13CC1c1cc(O)ccc1-c1c(C4CCCCC4)c4ccc(C(=O)NS(=O)(=O)N(C)C)cc4n1C3)C2. The summed E-state index contributed by atoms with van der Waals surface area (Å²) in [7, 11) is 0.966. The maximum absolute atomic E-state index is 14.7. The van der Waals surface area contributed by atoms with Gasteiger partial charge in [0.05, 0.1) is 11.1 Å². The van der Waals surface area contributed by atoms with E-state index in [4.69, 9.17) is 0 Å². The number of piperazine rings is 1. The number of carbonyl (C=O) groups excluding carboxylic acids is 2. The summed E-state index contributed by atoms with van der Waals surface area (Å²) in [6.45, 7) is 1.96. The minimum Gasteiger partial charge on any atom is -0.508 e. The molecule has 2 saturated heterocycles. The van der Waals surface area contributed by atoms with Crippen molar-refractivity contribution in [2.75, 3.05) is 34.2 Å². The van der Waals surface area contributed by atoms with Gasteiger partial charge in [-0.15, -0.1) is 0 Å². The lowest BCUT2D eigenvalue weighted by molar-refractivity contribution is -0.141. The number of benzene rings is 2. The van der Waals surface area contributed by atoms with E-state index in [2.05, 4.69) is 26.1 Å². The normalized spacial score (nSPS) is 27.7. The third kappa shape index (κ3) is 4.52. The molecule has 0 spiro atoms. The quantitative estimate of drug-likeness (QED) is 0.426. The predicted molar refractivity (Wildman–Crippen MR) is 176 cm³/mol. The van der Waals surface area contributed by atoms with Crippen LogP contribution in [0.4, 0.5) is 0 Å². The van der Waals surface area contributed by atoms with Crippen LogP contribution >= 0.6 is 0 Å². The van der Waals surface area contributed by atoms with Gasteiger partial charge in [-0.25, -0.2) is 4.72 Å². The highest BCUT2D eigenvalue weighted by atomic mass is 32.2. The Kier molecular flexibility index (Phi) is 6.87. The third-order valence-electron chi connectivity index (χ3n) is 11.8. The largest absolute Gasteiger partial charge is 0.508 e. The van der Waals surface area contributed by atoms with Crippen molar-refractivity contribution >= 4 is 32.9 Å². The highest BCUT2D eigenvalue weighted by Crippen LogP contribution is 2.66. The number of likely N-dealkylation sites (tertiary alicyclic amines) is 1. The minimum absolute atomic E-state index is 0.00900. The zero-order valence-electron chi connectivity index (χ0n) is 26.8. The van der Waals surface area contributed by atoms with E-state index in [1.165, 1.54) is 26.1 Å². The van der Waals surface area contributed by atoms with Gasteiger partial charge in [0, 0.05) is 73.8 Å². The minimum atomic E-state index is -3.97. The van der Waals surface area contributed by atoms with Crippen LogP contribution in [0.15, 0.2) is 36.4 Å². The van der Waals surface area contributed by atoms with Gasteiger partial charge in [-0.2, -0.15) is 12.7 Å². The number of aromatic nitrogens is 1. The molecule has 11 heteroatoms. The van der Waals surface area contributed by atoms with Crippen molar-refractivity contribution in [3.8, 4) is 17.0 Å². The molecule has 5 aliphatic rings. The molecule has 3 aromatic rings. The Morgan fingerprint density at radius 3 is 2.39 bits per heavy atom. The fourth-order valence-electron chi connectivity index (χ4n) is 9.17. The molecule has 46 heavy (non-hydrogen) atoms. The summed E-state index contributed by atoms with van der Waals surface area (Å²) >= 11 is 0. The van der Waals surface area contributed by atoms with E-state index in [9.17, 15) is 23.1 Å². The number of nitrogens with zero attached hydrogens (tertiary/aromatic N) is 4. The third-order valence-corrected chi connectivity index (χ3v) is 13.2. The number of nitrogens with one attached hydrogen (secondary N) is 1. The van der Waals surface area contributed by atoms with E-state index in [0.29, 0.717) is 31.0 Å². The molecule has 2 N–H and O–H groups in total. The van der Waals surface area contributed by atoms with Crippen LogP contribution in [0.3, 0.4) is 0 Å². The number of phenols is 1. The van der Waals surface area contributed by atoms with Crippen LogP contribution in [0, 0.1) is 5.41 Å². The van der Waals surface area contributed by atoms with Crippen molar-refractivity contribution in [3.63, 3.8) is 0 Å². The predicted octanol–water partition coefficient (Wildman–Crippen LogP) is 4.39. The Labute approximate surface area is 270 Å². The first-order valence-corrected chi connectivity index (χ1v) is 18.2. The summed E-state index contributed by atoms with van der Waals surface area (Å²) in [5, 5.41) is 11.8. The van der Waals surface area contributed by atoms with Crippen molar-refractivity contribution in [1.29, 1.82) is 0 Å². The Hall–Kier alpha value is -3.41. The molecule has 8 rings (SSSR count). The molecule has 4 fully saturated rings. The van der Waals surface area contributed by atoms with Gasteiger partial charge in [-0.3, -0.25) is 14.5 Å².